The molecule has 0 aromatic carbocycles. The van der Waals surface area contributed by atoms with Gasteiger partial charge in [0.05, 0.1) is 13.2 Å². The summed E-state index contributed by atoms with van der Waals surface area (Å²) in [6.07, 6.45) is 56.7. The first-order chi connectivity index (χ1) is 29.8. The fourth-order valence-electron chi connectivity index (χ4n) is 6.67. The lowest BCUT2D eigenvalue weighted by atomic mass is 10.1. The first-order valence-electron chi connectivity index (χ1n) is 24.8. The third-order valence-corrected chi connectivity index (χ3v) is 11.4. The second-order valence-electron chi connectivity index (χ2n) is 16.3. The molecule has 354 valence electrons. The topological polar surface area (TPSA) is 134 Å². The molecule has 3 N–H and O–H groups in total. The molecule has 0 saturated carbocycles. The molecule has 2 unspecified atom stereocenters. The molecule has 0 saturated heterocycles. The molecular formula is C51H92NO8P. The summed E-state index contributed by atoms with van der Waals surface area (Å²) in [5.41, 5.74) is 5.36. The Morgan fingerprint density at radius 2 is 0.852 bits per heavy atom. The fraction of sp³-hybridized carbons (Fsp3) is 0.765. The maximum atomic E-state index is 12.6. The number of carbonyl (C=O) groups is 2. The van der Waals surface area contributed by atoms with Crippen molar-refractivity contribution in [3.63, 3.8) is 0 Å². The van der Waals surface area contributed by atoms with Gasteiger partial charge >= 0.3 is 19.8 Å². The van der Waals surface area contributed by atoms with Crippen molar-refractivity contribution in [1.29, 1.82) is 0 Å². The first-order valence-corrected chi connectivity index (χ1v) is 26.3. The number of phosphoric acid groups is 1. The van der Waals surface area contributed by atoms with Crippen molar-refractivity contribution in [1.82, 2.24) is 0 Å². The van der Waals surface area contributed by atoms with E-state index < -0.39 is 26.5 Å². The number of hydrogen-bond donors (Lipinski definition) is 2. The van der Waals surface area contributed by atoms with Crippen molar-refractivity contribution in [3.05, 3.63) is 60.8 Å². The third kappa shape index (κ3) is 47.0. The number of ether oxygens (including phenoxy) is 2. The van der Waals surface area contributed by atoms with Crippen LogP contribution in [-0.2, 0) is 32.7 Å². The molecule has 9 nitrogen and oxygen atoms in total. The molecule has 0 aliphatic heterocycles. The lowest BCUT2D eigenvalue weighted by Crippen LogP contribution is -2.29. The standard InChI is InChI=1S/C51H92NO8P/c1-3-5-7-9-11-13-15-17-19-21-23-24-26-27-29-31-33-35-37-39-41-43-50(53)57-47-49(48-59-61(55,56)58-46-45-52)60-51(54)44-42-40-38-36-34-32-30-28-25-22-20-18-16-14-12-10-8-6-4-2/h12,14-15,17-18,20-21,23,25,28,49H,3-11,13,16,19,22,24,26-27,29-48,52H2,1-2H3,(H,55,56)/b14-12-,17-15-,20-18-,23-21-,28-25-. The Balaban J connectivity index is 4.11. The van der Waals surface area contributed by atoms with Crippen LogP contribution >= 0.6 is 7.82 Å². The van der Waals surface area contributed by atoms with E-state index >= 15 is 0 Å². The van der Waals surface area contributed by atoms with E-state index in [0.717, 1.165) is 83.5 Å². The summed E-state index contributed by atoms with van der Waals surface area (Å²) in [6, 6.07) is 0. The minimum Gasteiger partial charge on any atom is -0.462 e. The molecule has 0 aliphatic rings. The van der Waals surface area contributed by atoms with Gasteiger partial charge in [-0.1, -0.05) is 184 Å². The SMILES string of the molecule is CCCCC/C=C\C/C=C\C/C=C\CCCCCCCCC(=O)OC(COC(=O)CCCCCCCCCCC/C=C\C/C=C\CCCCCCC)COP(=O)(O)OCCN. The molecule has 61 heavy (non-hydrogen) atoms. The average Bonchev–Trinajstić information content (AvgIpc) is 3.25. The Kier molecular flexibility index (Phi) is 45.4. The summed E-state index contributed by atoms with van der Waals surface area (Å²) in [4.78, 5) is 35.0. The van der Waals surface area contributed by atoms with E-state index in [1.807, 2.05) is 0 Å². The number of allylic oxidation sites excluding steroid dienone is 10. The largest absolute Gasteiger partial charge is 0.472 e. The summed E-state index contributed by atoms with van der Waals surface area (Å²) in [6.45, 7) is 3.69. The fourth-order valence-corrected chi connectivity index (χ4v) is 7.44. The van der Waals surface area contributed by atoms with E-state index in [-0.39, 0.29) is 38.6 Å². The lowest BCUT2D eigenvalue weighted by Gasteiger charge is -2.19. The molecule has 0 aromatic rings. The highest BCUT2D eigenvalue weighted by molar-refractivity contribution is 7.47. The molecule has 0 aromatic heterocycles. The van der Waals surface area contributed by atoms with Crippen LogP contribution in [0.15, 0.2) is 60.8 Å². The van der Waals surface area contributed by atoms with Gasteiger partial charge in [-0.3, -0.25) is 18.6 Å². The maximum absolute atomic E-state index is 12.6. The van der Waals surface area contributed by atoms with E-state index in [1.54, 1.807) is 0 Å². The maximum Gasteiger partial charge on any atom is 0.472 e. The molecule has 0 fully saturated rings. The third-order valence-electron chi connectivity index (χ3n) is 10.4. The molecule has 2 atom stereocenters. The van der Waals surface area contributed by atoms with Gasteiger partial charge in [-0.15, -0.1) is 0 Å². The highest BCUT2D eigenvalue weighted by atomic mass is 31.2. The lowest BCUT2D eigenvalue weighted by molar-refractivity contribution is -0.161. The Morgan fingerprint density at radius 1 is 0.492 bits per heavy atom. The molecule has 0 amide bonds. The summed E-state index contributed by atoms with van der Waals surface area (Å²) >= 11 is 0. The van der Waals surface area contributed by atoms with E-state index in [0.29, 0.717) is 6.42 Å². The Morgan fingerprint density at radius 3 is 1.30 bits per heavy atom. The van der Waals surface area contributed by atoms with Gasteiger partial charge in [0, 0.05) is 19.4 Å². The number of carbonyl (C=O) groups excluding carboxylic acids is 2. The van der Waals surface area contributed by atoms with Crippen LogP contribution < -0.4 is 5.73 Å². The van der Waals surface area contributed by atoms with Crippen molar-refractivity contribution in [2.75, 3.05) is 26.4 Å². The van der Waals surface area contributed by atoms with E-state index in [4.69, 9.17) is 24.3 Å². The number of rotatable bonds is 46. The monoisotopic (exact) mass is 878 g/mol. The highest BCUT2D eigenvalue weighted by Gasteiger charge is 2.26. The molecule has 0 heterocycles. The molecule has 0 aliphatic carbocycles. The van der Waals surface area contributed by atoms with Gasteiger partial charge in [0.25, 0.3) is 0 Å². The van der Waals surface area contributed by atoms with Gasteiger partial charge in [-0.05, 0) is 83.5 Å². The second-order valence-corrected chi connectivity index (χ2v) is 17.8. The van der Waals surface area contributed by atoms with Gasteiger partial charge < -0.3 is 20.1 Å². The molecular weight excluding hydrogens is 786 g/mol. The van der Waals surface area contributed by atoms with Crippen LogP contribution in [-0.4, -0.2) is 49.3 Å². The quantitative estimate of drug-likeness (QED) is 0.0265. The minimum atomic E-state index is -4.39. The van der Waals surface area contributed by atoms with E-state index in [1.165, 1.54) is 103 Å². The summed E-state index contributed by atoms with van der Waals surface area (Å²) < 4.78 is 32.9. The van der Waals surface area contributed by atoms with Crippen LogP contribution in [0.5, 0.6) is 0 Å². The Labute approximate surface area is 374 Å². The Hall–Kier alpha value is -2.29. The summed E-state index contributed by atoms with van der Waals surface area (Å²) in [5.74, 6) is -0.847. The number of phosphoric ester groups is 1. The number of nitrogens with two attached hydrogens (primary N) is 1. The smallest absolute Gasteiger partial charge is 0.462 e. The highest BCUT2D eigenvalue weighted by Crippen LogP contribution is 2.43. The normalized spacial score (nSPS) is 13.7. The van der Waals surface area contributed by atoms with Crippen LogP contribution in [0.2, 0.25) is 0 Å². The zero-order chi connectivity index (χ0) is 44.6. The van der Waals surface area contributed by atoms with Crippen LogP contribution in [0.4, 0.5) is 0 Å². The van der Waals surface area contributed by atoms with Crippen molar-refractivity contribution < 1.29 is 37.6 Å². The molecule has 0 rings (SSSR count). The Bertz CT molecular complexity index is 1180. The molecule has 0 spiro atoms. The van der Waals surface area contributed by atoms with Crippen molar-refractivity contribution in [2.24, 2.45) is 5.73 Å². The van der Waals surface area contributed by atoms with Crippen LogP contribution in [0.25, 0.3) is 0 Å². The zero-order valence-corrected chi connectivity index (χ0v) is 40.0. The van der Waals surface area contributed by atoms with E-state index in [9.17, 15) is 19.0 Å². The molecule has 0 bridgehead atoms. The summed E-state index contributed by atoms with van der Waals surface area (Å²) in [7, 11) is -4.39. The molecule has 10 heteroatoms. The minimum absolute atomic E-state index is 0.0482. The molecule has 0 radical (unpaired) electrons. The van der Waals surface area contributed by atoms with Crippen LogP contribution in [0.3, 0.4) is 0 Å². The van der Waals surface area contributed by atoms with Gasteiger partial charge in [-0.2, -0.15) is 0 Å². The van der Waals surface area contributed by atoms with Crippen LogP contribution in [0.1, 0.15) is 219 Å². The number of esters is 2. The second kappa shape index (κ2) is 47.2. The van der Waals surface area contributed by atoms with Crippen molar-refractivity contribution in [3.8, 4) is 0 Å². The van der Waals surface area contributed by atoms with Gasteiger partial charge in [0.2, 0.25) is 0 Å². The summed E-state index contributed by atoms with van der Waals surface area (Å²) in [5, 5.41) is 0. The van der Waals surface area contributed by atoms with E-state index in [2.05, 4.69) is 74.6 Å². The van der Waals surface area contributed by atoms with Crippen LogP contribution in [0, 0.1) is 0 Å². The predicted octanol–water partition coefficient (Wildman–Crippen LogP) is 14.8. The van der Waals surface area contributed by atoms with Gasteiger partial charge in [0.15, 0.2) is 6.10 Å². The average molecular weight is 878 g/mol. The van der Waals surface area contributed by atoms with Crippen molar-refractivity contribution in [2.45, 2.75) is 225 Å². The number of hydrogen-bond acceptors (Lipinski definition) is 8. The first kappa shape index (κ1) is 58.7. The van der Waals surface area contributed by atoms with Gasteiger partial charge in [-0.25, -0.2) is 4.57 Å². The van der Waals surface area contributed by atoms with Gasteiger partial charge in [0.1, 0.15) is 6.61 Å². The number of unbranched alkanes of at least 4 members (excludes halogenated alkanes) is 23. The van der Waals surface area contributed by atoms with Crippen molar-refractivity contribution >= 4 is 19.8 Å². The zero-order valence-electron chi connectivity index (χ0n) is 39.1. The predicted molar refractivity (Wildman–Crippen MR) is 256 cm³/mol.